The Balaban J connectivity index is 2.59. The molecule has 80 valence electrons. The van der Waals surface area contributed by atoms with E-state index in [4.69, 9.17) is 9.84 Å². The summed E-state index contributed by atoms with van der Waals surface area (Å²) in [5.74, 6) is -0.539. The van der Waals surface area contributed by atoms with E-state index in [1.54, 1.807) is 18.2 Å². The first kappa shape index (κ1) is 11.3. The molecule has 1 rings (SSSR count). The third-order valence-corrected chi connectivity index (χ3v) is 1.93. The highest BCUT2D eigenvalue weighted by Gasteiger charge is 2.09. The number of carboxylic acids is 1. The van der Waals surface area contributed by atoms with E-state index in [0.717, 1.165) is 12.8 Å². The lowest BCUT2D eigenvalue weighted by Crippen LogP contribution is -2.03. The first-order valence-electron chi connectivity index (χ1n) is 4.81. The van der Waals surface area contributed by atoms with Crippen molar-refractivity contribution in [2.45, 2.75) is 12.8 Å². The zero-order valence-corrected chi connectivity index (χ0v) is 8.48. The Hall–Kier alpha value is -1.77. The Morgan fingerprint density at radius 2 is 2.20 bits per heavy atom. The molecule has 3 heteroatoms. The van der Waals surface area contributed by atoms with Crippen LogP contribution >= 0.6 is 0 Å². The number of benzene rings is 1. The van der Waals surface area contributed by atoms with Crippen molar-refractivity contribution in [3.05, 3.63) is 42.5 Å². The van der Waals surface area contributed by atoms with Crippen molar-refractivity contribution in [3.63, 3.8) is 0 Å². The molecule has 0 saturated heterocycles. The molecule has 0 aliphatic carbocycles. The minimum atomic E-state index is -0.964. The highest BCUT2D eigenvalue weighted by molar-refractivity contribution is 5.90. The van der Waals surface area contributed by atoms with E-state index in [1.807, 2.05) is 6.08 Å². The van der Waals surface area contributed by atoms with Crippen LogP contribution in [0.1, 0.15) is 23.2 Å². The molecule has 0 heterocycles. The van der Waals surface area contributed by atoms with Gasteiger partial charge in [-0.2, -0.15) is 0 Å². The van der Waals surface area contributed by atoms with Gasteiger partial charge in [-0.25, -0.2) is 4.79 Å². The normalized spacial score (nSPS) is 9.60. The van der Waals surface area contributed by atoms with Gasteiger partial charge in [-0.1, -0.05) is 18.2 Å². The van der Waals surface area contributed by atoms with Gasteiger partial charge in [0, 0.05) is 0 Å². The Kier molecular flexibility index (Phi) is 4.41. The van der Waals surface area contributed by atoms with E-state index >= 15 is 0 Å². The smallest absolute Gasteiger partial charge is 0.339 e. The molecule has 0 bridgehead atoms. The Bertz CT molecular complexity index is 344. The van der Waals surface area contributed by atoms with E-state index in [2.05, 4.69) is 6.58 Å². The van der Waals surface area contributed by atoms with E-state index in [0.29, 0.717) is 12.4 Å². The average molecular weight is 206 g/mol. The molecule has 0 atom stereocenters. The summed E-state index contributed by atoms with van der Waals surface area (Å²) < 4.78 is 5.37. The van der Waals surface area contributed by atoms with Gasteiger partial charge in [0.25, 0.3) is 0 Å². The second kappa shape index (κ2) is 5.86. The first-order valence-corrected chi connectivity index (χ1v) is 4.81. The van der Waals surface area contributed by atoms with Crippen LogP contribution in [0, 0.1) is 0 Å². The van der Waals surface area contributed by atoms with Crippen LogP contribution in [0.15, 0.2) is 36.9 Å². The predicted molar refractivity (Wildman–Crippen MR) is 58.3 cm³/mol. The molecule has 0 saturated carbocycles. The molecular formula is C12H14O3. The summed E-state index contributed by atoms with van der Waals surface area (Å²) in [6.45, 7) is 4.11. The van der Waals surface area contributed by atoms with Gasteiger partial charge < -0.3 is 9.84 Å². The zero-order valence-electron chi connectivity index (χ0n) is 8.48. The van der Waals surface area contributed by atoms with Gasteiger partial charge in [0.15, 0.2) is 0 Å². The van der Waals surface area contributed by atoms with Gasteiger partial charge in [0.1, 0.15) is 11.3 Å². The second-order valence-electron chi connectivity index (χ2n) is 3.08. The molecule has 1 aromatic carbocycles. The SMILES string of the molecule is C=CCCCOc1ccccc1C(=O)O. The van der Waals surface area contributed by atoms with Crippen molar-refractivity contribution in [2.75, 3.05) is 6.61 Å². The second-order valence-corrected chi connectivity index (χ2v) is 3.08. The topological polar surface area (TPSA) is 46.5 Å². The van der Waals surface area contributed by atoms with Crippen LogP contribution in [0.3, 0.4) is 0 Å². The van der Waals surface area contributed by atoms with Gasteiger partial charge in [-0.15, -0.1) is 6.58 Å². The fourth-order valence-corrected chi connectivity index (χ4v) is 1.18. The lowest BCUT2D eigenvalue weighted by Gasteiger charge is -2.07. The van der Waals surface area contributed by atoms with Gasteiger partial charge in [0.2, 0.25) is 0 Å². The molecule has 3 nitrogen and oxygen atoms in total. The molecule has 0 amide bonds. The quantitative estimate of drug-likeness (QED) is 0.575. The molecule has 0 aliphatic rings. The summed E-state index contributed by atoms with van der Waals surface area (Å²) >= 11 is 0. The standard InChI is InChI=1S/C12H14O3/c1-2-3-6-9-15-11-8-5-4-7-10(11)12(13)14/h2,4-5,7-8H,1,3,6,9H2,(H,13,14). The van der Waals surface area contributed by atoms with Crippen LogP contribution < -0.4 is 4.74 Å². The van der Waals surface area contributed by atoms with Crippen LogP contribution in [-0.4, -0.2) is 17.7 Å². The predicted octanol–water partition coefficient (Wildman–Crippen LogP) is 2.73. The number of hydrogen-bond acceptors (Lipinski definition) is 2. The average Bonchev–Trinajstić information content (AvgIpc) is 2.25. The molecule has 1 aromatic rings. The van der Waals surface area contributed by atoms with Crippen LogP contribution in [0.5, 0.6) is 5.75 Å². The summed E-state index contributed by atoms with van der Waals surface area (Å²) in [5, 5.41) is 8.87. The van der Waals surface area contributed by atoms with E-state index in [1.165, 1.54) is 6.07 Å². The van der Waals surface area contributed by atoms with Gasteiger partial charge in [-0.3, -0.25) is 0 Å². The Labute approximate surface area is 89.0 Å². The van der Waals surface area contributed by atoms with Crippen molar-refractivity contribution in [3.8, 4) is 5.75 Å². The van der Waals surface area contributed by atoms with Gasteiger partial charge >= 0.3 is 5.97 Å². The summed E-state index contributed by atoms with van der Waals surface area (Å²) in [4.78, 5) is 10.8. The van der Waals surface area contributed by atoms with E-state index < -0.39 is 5.97 Å². The maximum atomic E-state index is 10.8. The highest BCUT2D eigenvalue weighted by atomic mass is 16.5. The van der Waals surface area contributed by atoms with Crippen molar-refractivity contribution in [2.24, 2.45) is 0 Å². The van der Waals surface area contributed by atoms with Crippen LogP contribution in [0.25, 0.3) is 0 Å². The number of aromatic carboxylic acids is 1. The van der Waals surface area contributed by atoms with Crippen molar-refractivity contribution in [1.82, 2.24) is 0 Å². The molecule has 0 aliphatic heterocycles. The summed E-state index contributed by atoms with van der Waals surface area (Å²) in [6, 6.07) is 6.64. The minimum absolute atomic E-state index is 0.205. The Morgan fingerprint density at radius 3 is 2.87 bits per heavy atom. The summed E-state index contributed by atoms with van der Waals surface area (Å²) in [7, 11) is 0. The number of carbonyl (C=O) groups is 1. The van der Waals surface area contributed by atoms with Crippen molar-refractivity contribution >= 4 is 5.97 Å². The number of allylic oxidation sites excluding steroid dienone is 1. The van der Waals surface area contributed by atoms with Crippen molar-refractivity contribution in [1.29, 1.82) is 0 Å². The lowest BCUT2D eigenvalue weighted by molar-refractivity contribution is 0.0692. The van der Waals surface area contributed by atoms with Crippen LogP contribution in [-0.2, 0) is 0 Å². The monoisotopic (exact) mass is 206 g/mol. The minimum Gasteiger partial charge on any atom is -0.493 e. The lowest BCUT2D eigenvalue weighted by atomic mass is 10.2. The molecule has 15 heavy (non-hydrogen) atoms. The highest BCUT2D eigenvalue weighted by Crippen LogP contribution is 2.17. The van der Waals surface area contributed by atoms with Crippen LogP contribution in [0.2, 0.25) is 0 Å². The number of ether oxygens (including phenoxy) is 1. The number of carboxylic acid groups (broad SMARTS) is 1. The molecule has 0 aromatic heterocycles. The maximum Gasteiger partial charge on any atom is 0.339 e. The fraction of sp³-hybridized carbons (Fsp3) is 0.250. The number of unbranched alkanes of at least 4 members (excludes halogenated alkanes) is 1. The first-order chi connectivity index (χ1) is 7.25. The number of hydrogen-bond donors (Lipinski definition) is 1. The van der Waals surface area contributed by atoms with Crippen molar-refractivity contribution < 1.29 is 14.6 Å². The molecular weight excluding hydrogens is 192 g/mol. The fourth-order valence-electron chi connectivity index (χ4n) is 1.18. The maximum absolute atomic E-state index is 10.8. The zero-order chi connectivity index (χ0) is 11.1. The van der Waals surface area contributed by atoms with Gasteiger partial charge in [0.05, 0.1) is 6.61 Å². The van der Waals surface area contributed by atoms with Gasteiger partial charge in [-0.05, 0) is 25.0 Å². The Morgan fingerprint density at radius 1 is 1.47 bits per heavy atom. The van der Waals surface area contributed by atoms with E-state index in [9.17, 15) is 4.79 Å². The molecule has 0 spiro atoms. The third-order valence-electron chi connectivity index (χ3n) is 1.93. The third kappa shape index (κ3) is 3.46. The molecule has 0 fully saturated rings. The number of para-hydroxylation sites is 1. The summed E-state index contributed by atoms with van der Waals surface area (Å²) in [6.07, 6.45) is 3.53. The van der Waals surface area contributed by atoms with Crippen LogP contribution in [0.4, 0.5) is 0 Å². The molecule has 1 N–H and O–H groups in total. The largest absolute Gasteiger partial charge is 0.493 e. The van der Waals surface area contributed by atoms with E-state index in [-0.39, 0.29) is 5.56 Å². The molecule has 0 radical (unpaired) electrons. The number of rotatable bonds is 6. The summed E-state index contributed by atoms with van der Waals surface area (Å²) in [5.41, 5.74) is 0.205. The molecule has 0 unspecified atom stereocenters.